The van der Waals surface area contributed by atoms with Crippen LogP contribution in [-0.2, 0) is 4.74 Å². The van der Waals surface area contributed by atoms with Crippen molar-refractivity contribution in [2.24, 2.45) is 5.73 Å². The summed E-state index contributed by atoms with van der Waals surface area (Å²) in [6, 6.07) is 4.31. The fourth-order valence-corrected chi connectivity index (χ4v) is 4.05. The van der Waals surface area contributed by atoms with Gasteiger partial charge in [0.05, 0.1) is 29.6 Å². The second-order valence-electron chi connectivity index (χ2n) is 8.00. The highest BCUT2D eigenvalue weighted by molar-refractivity contribution is 5.99. The molecule has 2 amide bonds. The van der Waals surface area contributed by atoms with E-state index in [9.17, 15) is 22.8 Å². The van der Waals surface area contributed by atoms with E-state index in [-0.39, 0.29) is 27.9 Å². The molecule has 35 heavy (non-hydrogen) atoms. The van der Waals surface area contributed by atoms with E-state index in [4.69, 9.17) is 10.5 Å². The molecule has 2 N–H and O–H groups in total. The first kappa shape index (κ1) is 22.8. The maximum absolute atomic E-state index is 14.6. The second kappa shape index (κ2) is 8.98. The Morgan fingerprint density at radius 3 is 2.69 bits per heavy atom. The van der Waals surface area contributed by atoms with Crippen molar-refractivity contribution in [1.29, 1.82) is 0 Å². The number of halogens is 3. The van der Waals surface area contributed by atoms with Crippen molar-refractivity contribution < 1.29 is 27.5 Å². The fourth-order valence-electron chi connectivity index (χ4n) is 4.05. The molecule has 1 atom stereocenters. The molecule has 0 saturated carbocycles. The molecule has 182 valence electrons. The summed E-state index contributed by atoms with van der Waals surface area (Å²) in [5.74, 6) is -1.09. The van der Waals surface area contributed by atoms with Crippen molar-refractivity contribution in [3.05, 3.63) is 48.0 Å². The Hall–Kier alpha value is -4.00. The van der Waals surface area contributed by atoms with E-state index in [1.165, 1.54) is 35.1 Å². The summed E-state index contributed by atoms with van der Waals surface area (Å²) < 4.78 is 48.7. The van der Waals surface area contributed by atoms with Crippen LogP contribution in [0.2, 0.25) is 0 Å². The zero-order valence-electron chi connectivity index (χ0n) is 18.3. The Kier molecular flexibility index (Phi) is 5.84. The lowest BCUT2D eigenvalue weighted by molar-refractivity contribution is 0.00356. The van der Waals surface area contributed by atoms with Gasteiger partial charge in [0, 0.05) is 37.5 Å². The van der Waals surface area contributed by atoms with Gasteiger partial charge in [-0.3, -0.25) is 19.0 Å². The zero-order valence-corrected chi connectivity index (χ0v) is 18.3. The van der Waals surface area contributed by atoms with E-state index in [0.717, 1.165) is 0 Å². The van der Waals surface area contributed by atoms with Crippen molar-refractivity contribution in [2.45, 2.75) is 19.1 Å². The van der Waals surface area contributed by atoms with Gasteiger partial charge in [-0.1, -0.05) is 0 Å². The van der Waals surface area contributed by atoms with Gasteiger partial charge < -0.3 is 15.4 Å². The number of rotatable bonds is 5. The number of primary amides is 1. The summed E-state index contributed by atoms with van der Waals surface area (Å²) >= 11 is 0. The number of nitrogens with two attached hydrogens (primary N) is 1. The maximum atomic E-state index is 14.6. The largest absolute Gasteiger partial charge is 0.380 e. The number of ether oxygens (including phenoxy) is 1. The SMILES string of the molecule is NC(=O)c1ccc2ncc(-c3nn(C(F)C(F)F)c4cc(C(=O)N5CCCOCC5)ncc34)n2c1. The molecule has 0 bridgehead atoms. The van der Waals surface area contributed by atoms with Crippen LogP contribution in [0.1, 0.15) is 33.6 Å². The fraction of sp³-hybridized carbons (Fsp3) is 0.318. The van der Waals surface area contributed by atoms with Gasteiger partial charge in [0.2, 0.25) is 5.91 Å². The van der Waals surface area contributed by atoms with E-state index in [1.807, 2.05) is 0 Å². The molecule has 10 nitrogen and oxygen atoms in total. The average molecular weight is 487 g/mol. The quantitative estimate of drug-likeness (QED) is 0.462. The van der Waals surface area contributed by atoms with Crippen LogP contribution in [0.15, 0.2) is 36.8 Å². The van der Waals surface area contributed by atoms with Crippen molar-refractivity contribution >= 4 is 28.4 Å². The highest BCUT2D eigenvalue weighted by Crippen LogP contribution is 2.32. The summed E-state index contributed by atoms with van der Waals surface area (Å²) in [6.07, 6.45) is -1.33. The zero-order chi connectivity index (χ0) is 24.7. The Morgan fingerprint density at radius 1 is 1.09 bits per heavy atom. The molecular formula is C22H20F3N7O3. The molecule has 5 rings (SSSR count). The van der Waals surface area contributed by atoms with Crippen LogP contribution in [0.3, 0.4) is 0 Å². The molecule has 1 fully saturated rings. The maximum Gasteiger partial charge on any atom is 0.289 e. The Labute approximate surface area is 196 Å². The lowest BCUT2D eigenvalue weighted by atomic mass is 10.2. The van der Waals surface area contributed by atoms with E-state index in [1.54, 1.807) is 11.0 Å². The predicted octanol–water partition coefficient (Wildman–Crippen LogP) is 2.44. The monoisotopic (exact) mass is 487 g/mol. The number of imidazole rings is 1. The number of carbonyl (C=O) groups excluding carboxylic acids is 2. The standard InChI is InChI=1S/C22H20F3N7O3/c23-19(24)20(25)32-15-8-14(22(34)30-4-1-6-35-7-5-30)27-9-13(15)18(29-32)16-10-28-17-3-2-12(21(26)33)11-31(16)17/h2-3,8-11,19-20H,1,4-7H2,(H2,26,33). The lowest BCUT2D eigenvalue weighted by Crippen LogP contribution is -2.33. The molecular weight excluding hydrogens is 467 g/mol. The van der Waals surface area contributed by atoms with Crippen molar-refractivity contribution in [2.75, 3.05) is 26.3 Å². The molecule has 13 heteroatoms. The predicted molar refractivity (Wildman–Crippen MR) is 118 cm³/mol. The van der Waals surface area contributed by atoms with Gasteiger partial charge in [-0.2, -0.15) is 5.10 Å². The van der Waals surface area contributed by atoms with Gasteiger partial charge in [-0.15, -0.1) is 0 Å². The van der Waals surface area contributed by atoms with Crippen LogP contribution in [0, 0.1) is 0 Å². The molecule has 1 unspecified atom stereocenters. The Bertz CT molecular complexity index is 1430. The van der Waals surface area contributed by atoms with Gasteiger partial charge in [-0.25, -0.2) is 22.8 Å². The van der Waals surface area contributed by atoms with Crippen LogP contribution in [0.4, 0.5) is 13.2 Å². The van der Waals surface area contributed by atoms with Crippen LogP contribution in [0.5, 0.6) is 0 Å². The van der Waals surface area contributed by atoms with E-state index in [2.05, 4.69) is 15.1 Å². The molecule has 0 aromatic carbocycles. The van der Waals surface area contributed by atoms with Gasteiger partial charge in [0.1, 0.15) is 17.0 Å². The number of carbonyl (C=O) groups is 2. The summed E-state index contributed by atoms with van der Waals surface area (Å²) in [6.45, 7) is 1.71. The highest BCUT2D eigenvalue weighted by Gasteiger charge is 2.28. The number of pyridine rings is 2. The molecule has 0 aliphatic carbocycles. The molecule has 4 aromatic rings. The normalized spacial score (nSPS) is 15.6. The summed E-state index contributed by atoms with van der Waals surface area (Å²) in [5, 5.41) is 4.34. The second-order valence-corrected chi connectivity index (χ2v) is 8.00. The number of amides is 2. The van der Waals surface area contributed by atoms with Gasteiger partial charge in [-0.05, 0) is 24.6 Å². The number of hydrogen-bond acceptors (Lipinski definition) is 6. The lowest BCUT2D eigenvalue weighted by Gasteiger charge is -2.19. The topological polar surface area (TPSA) is 121 Å². The summed E-state index contributed by atoms with van der Waals surface area (Å²) in [4.78, 5) is 34.6. The Balaban J connectivity index is 1.66. The van der Waals surface area contributed by atoms with Crippen LogP contribution < -0.4 is 5.73 Å². The number of fused-ring (bicyclic) bond motifs is 2. The summed E-state index contributed by atoms with van der Waals surface area (Å²) in [5.41, 5.74) is 6.34. The third kappa shape index (κ3) is 4.07. The third-order valence-electron chi connectivity index (χ3n) is 5.79. The van der Waals surface area contributed by atoms with Crippen LogP contribution in [0.25, 0.3) is 27.9 Å². The minimum atomic E-state index is -3.36. The van der Waals surface area contributed by atoms with Crippen molar-refractivity contribution in [1.82, 2.24) is 29.0 Å². The van der Waals surface area contributed by atoms with Gasteiger partial charge in [0.15, 0.2) is 0 Å². The molecule has 1 aliphatic rings. The number of alkyl halides is 3. The van der Waals surface area contributed by atoms with Crippen molar-refractivity contribution in [3.8, 4) is 11.4 Å². The first-order valence-corrected chi connectivity index (χ1v) is 10.8. The van der Waals surface area contributed by atoms with Gasteiger partial charge in [0.25, 0.3) is 18.6 Å². The highest BCUT2D eigenvalue weighted by atomic mass is 19.3. The molecule has 1 saturated heterocycles. The molecule has 5 heterocycles. The first-order chi connectivity index (χ1) is 16.8. The van der Waals surface area contributed by atoms with E-state index in [0.29, 0.717) is 48.7 Å². The minimum absolute atomic E-state index is 0.0253. The number of aromatic nitrogens is 5. The summed E-state index contributed by atoms with van der Waals surface area (Å²) in [7, 11) is 0. The number of hydrogen-bond donors (Lipinski definition) is 1. The van der Waals surface area contributed by atoms with E-state index < -0.39 is 24.5 Å². The molecule has 0 radical (unpaired) electrons. The van der Waals surface area contributed by atoms with Crippen LogP contribution in [-0.4, -0.2) is 73.6 Å². The van der Waals surface area contributed by atoms with Gasteiger partial charge >= 0.3 is 0 Å². The molecule has 0 spiro atoms. The van der Waals surface area contributed by atoms with Crippen LogP contribution >= 0.6 is 0 Å². The minimum Gasteiger partial charge on any atom is -0.380 e. The smallest absolute Gasteiger partial charge is 0.289 e. The van der Waals surface area contributed by atoms with Crippen molar-refractivity contribution in [3.63, 3.8) is 0 Å². The molecule has 4 aromatic heterocycles. The number of nitrogens with zero attached hydrogens (tertiary/aromatic N) is 6. The Morgan fingerprint density at radius 2 is 1.91 bits per heavy atom. The average Bonchev–Trinajstić information content (AvgIpc) is 3.32. The third-order valence-corrected chi connectivity index (χ3v) is 5.79. The molecule has 1 aliphatic heterocycles. The first-order valence-electron chi connectivity index (χ1n) is 10.8. The van der Waals surface area contributed by atoms with E-state index >= 15 is 0 Å².